The van der Waals surface area contributed by atoms with Gasteiger partial charge in [-0.05, 0) is 38.4 Å². The fourth-order valence-electron chi connectivity index (χ4n) is 3.19. The van der Waals surface area contributed by atoms with Gasteiger partial charge in [0.15, 0.2) is 0 Å². The van der Waals surface area contributed by atoms with Gasteiger partial charge in [-0.25, -0.2) is 4.98 Å². The Morgan fingerprint density at radius 2 is 1.91 bits per heavy atom. The highest BCUT2D eigenvalue weighted by molar-refractivity contribution is 7.17. The third kappa shape index (κ3) is 2.19. The summed E-state index contributed by atoms with van der Waals surface area (Å²) in [5.41, 5.74) is 1.21. The Balaban J connectivity index is 1.85. The minimum absolute atomic E-state index is 0.0810. The minimum atomic E-state index is 0.0810. The van der Waals surface area contributed by atoms with E-state index in [9.17, 15) is 5.11 Å². The summed E-state index contributed by atoms with van der Waals surface area (Å²) in [6.45, 7) is 3.96. The Morgan fingerprint density at radius 1 is 1.18 bits per heavy atom. The molecule has 0 aliphatic carbocycles. The summed E-state index contributed by atoms with van der Waals surface area (Å²) in [5.74, 6) is 0.909. The van der Waals surface area contributed by atoms with Crippen LogP contribution in [0.4, 0.5) is 0 Å². The highest BCUT2D eigenvalue weighted by Crippen LogP contribution is 2.40. The molecule has 0 radical (unpaired) electrons. The highest BCUT2D eigenvalue weighted by Gasteiger charge is 2.30. The smallest absolute Gasteiger partial charge is 0.230 e. The average molecular weight is 314 g/mol. The normalized spacial score (nSPS) is 17.3. The average Bonchev–Trinajstić information content (AvgIpc) is 3.22. The second-order valence-corrected chi connectivity index (χ2v) is 6.71. The molecule has 0 bridgehead atoms. The predicted octanol–water partition coefficient (Wildman–Crippen LogP) is 2.99. The number of aromatic nitrogens is 3. The molecular formula is C16H18N4OS. The lowest BCUT2D eigenvalue weighted by Crippen LogP contribution is -2.26. The lowest BCUT2D eigenvalue weighted by atomic mass is 10.0. The molecule has 0 amide bonds. The second kappa shape index (κ2) is 5.37. The van der Waals surface area contributed by atoms with E-state index in [0.29, 0.717) is 5.82 Å². The third-order valence-electron chi connectivity index (χ3n) is 4.18. The first-order valence-electron chi connectivity index (χ1n) is 7.58. The third-order valence-corrected chi connectivity index (χ3v) is 5.25. The van der Waals surface area contributed by atoms with Gasteiger partial charge in [0.1, 0.15) is 5.82 Å². The van der Waals surface area contributed by atoms with Crippen LogP contribution in [-0.4, -0.2) is 37.7 Å². The SMILES string of the molecule is Cc1nc2sc([C@@H](c3ccccc3)N3CCCC3)c(O)n2n1. The van der Waals surface area contributed by atoms with Crippen molar-refractivity contribution in [3.8, 4) is 5.88 Å². The van der Waals surface area contributed by atoms with Crippen LogP contribution in [0.25, 0.3) is 4.96 Å². The van der Waals surface area contributed by atoms with Gasteiger partial charge in [-0.2, -0.15) is 4.52 Å². The summed E-state index contributed by atoms with van der Waals surface area (Å²) in [6, 6.07) is 10.5. The van der Waals surface area contributed by atoms with Crippen LogP contribution < -0.4 is 0 Å². The molecule has 1 aliphatic heterocycles. The summed E-state index contributed by atoms with van der Waals surface area (Å²) < 4.78 is 1.56. The van der Waals surface area contributed by atoms with Gasteiger partial charge in [0.25, 0.3) is 0 Å². The number of hydrogen-bond acceptors (Lipinski definition) is 5. The van der Waals surface area contributed by atoms with Crippen LogP contribution in [0.3, 0.4) is 0 Å². The molecule has 22 heavy (non-hydrogen) atoms. The minimum Gasteiger partial charge on any atom is -0.492 e. The van der Waals surface area contributed by atoms with Crippen molar-refractivity contribution in [3.05, 3.63) is 46.6 Å². The highest BCUT2D eigenvalue weighted by atomic mass is 32.1. The number of thiazole rings is 1. The molecule has 1 atom stereocenters. The van der Waals surface area contributed by atoms with E-state index in [2.05, 4.69) is 39.2 Å². The fraction of sp³-hybridized carbons (Fsp3) is 0.375. The van der Waals surface area contributed by atoms with E-state index in [1.807, 2.05) is 13.0 Å². The van der Waals surface area contributed by atoms with E-state index in [0.717, 1.165) is 22.9 Å². The van der Waals surface area contributed by atoms with Crippen molar-refractivity contribution in [2.75, 3.05) is 13.1 Å². The first-order chi connectivity index (χ1) is 10.7. The molecule has 3 aromatic rings. The molecule has 0 unspecified atom stereocenters. The molecule has 3 heterocycles. The van der Waals surface area contributed by atoms with Crippen LogP contribution in [0.15, 0.2) is 30.3 Å². The molecule has 4 rings (SSSR count). The topological polar surface area (TPSA) is 53.7 Å². The number of fused-ring (bicyclic) bond motifs is 1. The Kier molecular flexibility index (Phi) is 3.35. The summed E-state index contributed by atoms with van der Waals surface area (Å²) in [4.78, 5) is 8.52. The molecule has 0 spiro atoms. The van der Waals surface area contributed by atoms with Crippen molar-refractivity contribution in [2.45, 2.75) is 25.8 Å². The van der Waals surface area contributed by atoms with Gasteiger partial charge < -0.3 is 5.11 Å². The monoisotopic (exact) mass is 314 g/mol. The first-order valence-corrected chi connectivity index (χ1v) is 8.40. The molecule has 2 aromatic heterocycles. The second-order valence-electron chi connectivity index (χ2n) is 5.70. The molecule has 1 N–H and O–H groups in total. The molecular weight excluding hydrogens is 296 g/mol. The van der Waals surface area contributed by atoms with Gasteiger partial charge in [0.2, 0.25) is 10.8 Å². The van der Waals surface area contributed by atoms with E-state index in [1.165, 1.54) is 29.7 Å². The maximum Gasteiger partial charge on any atom is 0.230 e. The summed E-state index contributed by atoms with van der Waals surface area (Å²) in [5, 5.41) is 14.9. The van der Waals surface area contributed by atoms with Crippen LogP contribution in [0, 0.1) is 6.92 Å². The van der Waals surface area contributed by atoms with E-state index in [-0.39, 0.29) is 11.9 Å². The largest absolute Gasteiger partial charge is 0.492 e. The van der Waals surface area contributed by atoms with Gasteiger partial charge in [-0.3, -0.25) is 4.90 Å². The molecule has 1 saturated heterocycles. The zero-order chi connectivity index (χ0) is 15.1. The zero-order valence-corrected chi connectivity index (χ0v) is 13.3. The Labute approximate surface area is 132 Å². The van der Waals surface area contributed by atoms with Crippen molar-refractivity contribution in [1.82, 2.24) is 19.5 Å². The fourth-order valence-corrected chi connectivity index (χ4v) is 4.35. The van der Waals surface area contributed by atoms with Crippen LogP contribution in [-0.2, 0) is 0 Å². The van der Waals surface area contributed by atoms with Crippen molar-refractivity contribution >= 4 is 16.3 Å². The quantitative estimate of drug-likeness (QED) is 0.807. The van der Waals surface area contributed by atoms with Crippen molar-refractivity contribution in [3.63, 3.8) is 0 Å². The van der Waals surface area contributed by atoms with Gasteiger partial charge in [-0.15, -0.1) is 5.10 Å². The lowest BCUT2D eigenvalue weighted by molar-refractivity contribution is 0.277. The number of aromatic hydroxyl groups is 1. The van der Waals surface area contributed by atoms with Crippen LogP contribution in [0.1, 0.15) is 35.1 Å². The number of likely N-dealkylation sites (tertiary alicyclic amines) is 1. The van der Waals surface area contributed by atoms with E-state index < -0.39 is 0 Å². The Morgan fingerprint density at radius 3 is 2.59 bits per heavy atom. The number of aryl methyl sites for hydroxylation is 1. The van der Waals surface area contributed by atoms with E-state index in [4.69, 9.17) is 0 Å². The van der Waals surface area contributed by atoms with Crippen LogP contribution >= 0.6 is 11.3 Å². The van der Waals surface area contributed by atoms with Gasteiger partial charge in [0.05, 0.1) is 10.9 Å². The van der Waals surface area contributed by atoms with Crippen molar-refractivity contribution in [2.24, 2.45) is 0 Å². The van der Waals surface area contributed by atoms with Crippen LogP contribution in [0.5, 0.6) is 5.88 Å². The maximum absolute atomic E-state index is 10.6. The maximum atomic E-state index is 10.6. The number of rotatable bonds is 3. The molecule has 1 fully saturated rings. The predicted molar refractivity (Wildman–Crippen MR) is 86.4 cm³/mol. The van der Waals surface area contributed by atoms with Gasteiger partial charge in [0, 0.05) is 0 Å². The zero-order valence-electron chi connectivity index (χ0n) is 12.4. The van der Waals surface area contributed by atoms with Crippen molar-refractivity contribution in [1.29, 1.82) is 0 Å². The van der Waals surface area contributed by atoms with Gasteiger partial charge >= 0.3 is 0 Å². The molecule has 0 saturated carbocycles. The number of benzene rings is 1. The van der Waals surface area contributed by atoms with Crippen LogP contribution in [0.2, 0.25) is 0 Å². The van der Waals surface area contributed by atoms with Crippen molar-refractivity contribution < 1.29 is 5.11 Å². The molecule has 1 aliphatic rings. The Bertz CT molecular complexity index is 789. The molecule has 5 nitrogen and oxygen atoms in total. The lowest BCUT2D eigenvalue weighted by Gasteiger charge is -2.26. The molecule has 6 heteroatoms. The number of nitrogens with zero attached hydrogens (tertiary/aromatic N) is 4. The Hall–Kier alpha value is -1.92. The number of hydrogen-bond donors (Lipinski definition) is 1. The van der Waals surface area contributed by atoms with E-state index in [1.54, 1.807) is 4.52 Å². The van der Waals surface area contributed by atoms with Gasteiger partial charge in [-0.1, -0.05) is 41.7 Å². The standard InChI is InChI=1S/C16H18N4OS/c1-11-17-16-20(18-11)15(21)14(22-16)13(19-9-5-6-10-19)12-7-3-2-4-8-12/h2-4,7-8,13,21H,5-6,9-10H2,1H3/t13-/m1/s1. The summed E-state index contributed by atoms with van der Waals surface area (Å²) >= 11 is 1.53. The molecule has 1 aromatic carbocycles. The summed E-state index contributed by atoms with van der Waals surface area (Å²) in [6.07, 6.45) is 2.42. The first kappa shape index (κ1) is 13.7. The van der Waals surface area contributed by atoms with E-state index >= 15 is 0 Å². The molecule has 114 valence electrons. The summed E-state index contributed by atoms with van der Waals surface area (Å²) in [7, 11) is 0.